The van der Waals surface area contributed by atoms with Crippen LogP contribution >= 0.6 is 23.2 Å². The highest BCUT2D eigenvalue weighted by molar-refractivity contribution is 6.31. The summed E-state index contributed by atoms with van der Waals surface area (Å²) < 4.78 is 12.2. The van der Waals surface area contributed by atoms with Gasteiger partial charge in [-0.1, -0.05) is 29.3 Å². The molecule has 176 valence electrons. The molecule has 2 amide bonds. The second-order valence-electron chi connectivity index (χ2n) is 8.63. The first kappa shape index (κ1) is 23.9. The fraction of sp³-hybridized carbons (Fsp3) is 0.440. The second-order valence-corrected chi connectivity index (χ2v) is 9.50. The summed E-state index contributed by atoms with van der Waals surface area (Å²) >= 11 is 12.1. The summed E-state index contributed by atoms with van der Waals surface area (Å²) in [5.74, 6) is 0.509. The van der Waals surface area contributed by atoms with Crippen molar-refractivity contribution >= 4 is 35.0 Å². The molecule has 0 aromatic heterocycles. The number of amides is 2. The van der Waals surface area contributed by atoms with Gasteiger partial charge >= 0.3 is 0 Å². The third-order valence-electron chi connectivity index (χ3n) is 6.11. The Labute approximate surface area is 204 Å². The Balaban J connectivity index is 1.53. The molecule has 2 aliphatic heterocycles. The van der Waals surface area contributed by atoms with Crippen molar-refractivity contribution < 1.29 is 19.1 Å². The number of likely N-dealkylation sites (tertiary alicyclic amines) is 1. The van der Waals surface area contributed by atoms with Gasteiger partial charge in [0.05, 0.1) is 19.6 Å². The van der Waals surface area contributed by atoms with Gasteiger partial charge in [-0.2, -0.15) is 0 Å². The highest BCUT2D eigenvalue weighted by Crippen LogP contribution is 2.28. The monoisotopic (exact) mass is 490 g/mol. The Morgan fingerprint density at radius 3 is 2.42 bits per heavy atom. The molecule has 0 spiro atoms. The van der Waals surface area contributed by atoms with Crippen LogP contribution in [-0.2, 0) is 9.53 Å². The van der Waals surface area contributed by atoms with Crippen LogP contribution < -0.4 is 4.74 Å². The summed E-state index contributed by atoms with van der Waals surface area (Å²) in [7, 11) is 0. The molecule has 2 aromatic carbocycles. The summed E-state index contributed by atoms with van der Waals surface area (Å²) in [4.78, 5) is 30.0. The van der Waals surface area contributed by atoms with Crippen LogP contribution in [0.25, 0.3) is 0 Å². The van der Waals surface area contributed by atoms with Gasteiger partial charge in [0.1, 0.15) is 18.0 Å². The van der Waals surface area contributed by atoms with Crippen LogP contribution in [0.2, 0.25) is 10.0 Å². The summed E-state index contributed by atoms with van der Waals surface area (Å²) in [6, 6.07) is 13.9. The lowest BCUT2D eigenvalue weighted by Gasteiger charge is -2.43. The molecule has 0 aliphatic carbocycles. The highest BCUT2D eigenvalue weighted by Gasteiger charge is 2.42. The molecular weight excluding hydrogens is 463 g/mol. The van der Waals surface area contributed by atoms with Gasteiger partial charge in [0.15, 0.2) is 0 Å². The van der Waals surface area contributed by atoms with Crippen molar-refractivity contribution in [2.45, 2.75) is 31.3 Å². The number of piperidine rings is 1. The van der Waals surface area contributed by atoms with Gasteiger partial charge in [0, 0.05) is 35.2 Å². The van der Waals surface area contributed by atoms with Crippen molar-refractivity contribution in [3.8, 4) is 5.75 Å². The Morgan fingerprint density at radius 1 is 0.939 bits per heavy atom. The standard InChI is InChI=1S/C25H28Cl2N2O4/c26-20-9-7-19(8-10-20)24(31)29-13-14-33-25(17-29,16-23(30)28-11-2-1-3-12-28)18-32-22-6-4-5-21(27)15-22/h4-10,15H,1-3,11-14,16-18H2/t25-/m0/s1. The molecule has 8 heteroatoms. The van der Waals surface area contributed by atoms with Crippen LogP contribution in [0, 0.1) is 0 Å². The number of morpholine rings is 1. The molecule has 6 nitrogen and oxygen atoms in total. The van der Waals surface area contributed by atoms with Gasteiger partial charge in [-0.15, -0.1) is 0 Å². The third-order valence-corrected chi connectivity index (χ3v) is 6.59. The molecule has 2 fully saturated rings. The molecule has 0 unspecified atom stereocenters. The van der Waals surface area contributed by atoms with Crippen LogP contribution in [0.5, 0.6) is 5.75 Å². The van der Waals surface area contributed by atoms with Crippen molar-refractivity contribution in [1.82, 2.24) is 9.80 Å². The molecule has 2 aliphatic rings. The number of hydrogen-bond donors (Lipinski definition) is 0. The fourth-order valence-electron chi connectivity index (χ4n) is 4.34. The molecule has 2 heterocycles. The van der Waals surface area contributed by atoms with E-state index in [1.807, 2.05) is 11.0 Å². The lowest BCUT2D eigenvalue weighted by molar-refractivity contribution is -0.153. The van der Waals surface area contributed by atoms with Crippen molar-refractivity contribution in [1.29, 1.82) is 0 Å². The quantitative estimate of drug-likeness (QED) is 0.589. The van der Waals surface area contributed by atoms with Crippen LogP contribution in [0.4, 0.5) is 0 Å². The molecule has 0 N–H and O–H groups in total. The zero-order chi connectivity index (χ0) is 23.3. The minimum Gasteiger partial charge on any atom is -0.490 e. The van der Waals surface area contributed by atoms with E-state index < -0.39 is 5.60 Å². The van der Waals surface area contributed by atoms with Crippen molar-refractivity contribution in [2.24, 2.45) is 0 Å². The molecule has 4 rings (SSSR count). The SMILES string of the molecule is O=C(C[C@@]1(COc2cccc(Cl)c2)CN(C(=O)c2ccc(Cl)cc2)CCO1)N1CCCCC1. The number of carbonyl (C=O) groups excluding carboxylic acids is 2. The van der Waals surface area contributed by atoms with Crippen molar-refractivity contribution in [3.63, 3.8) is 0 Å². The fourth-order valence-corrected chi connectivity index (χ4v) is 4.65. The maximum atomic E-state index is 13.2. The van der Waals surface area contributed by atoms with Crippen LogP contribution in [-0.4, -0.2) is 66.6 Å². The van der Waals surface area contributed by atoms with Crippen molar-refractivity contribution in [2.75, 3.05) is 39.4 Å². The van der Waals surface area contributed by atoms with Gasteiger partial charge in [-0.3, -0.25) is 9.59 Å². The maximum absolute atomic E-state index is 13.2. The summed E-state index contributed by atoms with van der Waals surface area (Å²) in [5.41, 5.74) is -0.398. The van der Waals surface area contributed by atoms with Gasteiger partial charge in [-0.05, 0) is 61.7 Å². The average Bonchev–Trinajstić information content (AvgIpc) is 2.84. The van der Waals surface area contributed by atoms with E-state index >= 15 is 0 Å². The topological polar surface area (TPSA) is 59.1 Å². The molecule has 1 atom stereocenters. The van der Waals surface area contributed by atoms with E-state index in [0.717, 1.165) is 32.4 Å². The largest absolute Gasteiger partial charge is 0.490 e. The van der Waals surface area contributed by atoms with E-state index in [1.54, 1.807) is 47.4 Å². The highest BCUT2D eigenvalue weighted by atomic mass is 35.5. The van der Waals surface area contributed by atoms with Crippen LogP contribution in [0.3, 0.4) is 0 Å². The number of rotatable bonds is 6. The Morgan fingerprint density at radius 2 is 1.70 bits per heavy atom. The first-order chi connectivity index (χ1) is 15.9. The Hall–Kier alpha value is -2.28. The molecular formula is C25H28Cl2N2O4. The minimum absolute atomic E-state index is 0.0326. The van der Waals surface area contributed by atoms with Gasteiger partial charge < -0.3 is 19.3 Å². The predicted octanol–water partition coefficient (Wildman–Crippen LogP) is 4.69. The zero-order valence-corrected chi connectivity index (χ0v) is 20.0. The normalized spacial score (nSPS) is 21.0. The van der Waals surface area contributed by atoms with Gasteiger partial charge in [-0.25, -0.2) is 0 Å². The van der Waals surface area contributed by atoms with E-state index in [1.165, 1.54) is 0 Å². The molecule has 2 saturated heterocycles. The lowest BCUT2D eigenvalue weighted by Crippen LogP contribution is -2.58. The first-order valence-corrected chi connectivity index (χ1v) is 12.0. The first-order valence-electron chi connectivity index (χ1n) is 11.3. The van der Waals surface area contributed by atoms with E-state index in [-0.39, 0.29) is 31.4 Å². The molecule has 0 bridgehead atoms. The molecule has 2 aromatic rings. The maximum Gasteiger partial charge on any atom is 0.254 e. The summed E-state index contributed by atoms with van der Waals surface area (Å²) in [6.07, 6.45) is 3.32. The lowest BCUT2D eigenvalue weighted by atomic mass is 9.95. The summed E-state index contributed by atoms with van der Waals surface area (Å²) in [6.45, 7) is 2.69. The Kier molecular flexibility index (Phi) is 7.78. The van der Waals surface area contributed by atoms with E-state index in [0.29, 0.717) is 34.5 Å². The number of ether oxygens (including phenoxy) is 2. The average molecular weight is 491 g/mol. The number of carbonyl (C=O) groups is 2. The minimum atomic E-state index is -0.947. The predicted molar refractivity (Wildman–Crippen MR) is 128 cm³/mol. The smallest absolute Gasteiger partial charge is 0.254 e. The zero-order valence-electron chi connectivity index (χ0n) is 18.5. The van der Waals surface area contributed by atoms with Crippen molar-refractivity contribution in [3.05, 3.63) is 64.1 Å². The Bertz CT molecular complexity index is 979. The molecule has 0 radical (unpaired) electrons. The van der Waals surface area contributed by atoms with Gasteiger partial charge in [0.25, 0.3) is 5.91 Å². The molecule has 0 saturated carbocycles. The number of benzene rings is 2. The molecule has 33 heavy (non-hydrogen) atoms. The number of nitrogens with zero attached hydrogens (tertiary/aromatic N) is 2. The number of hydrogen-bond acceptors (Lipinski definition) is 4. The number of halogens is 2. The van der Waals surface area contributed by atoms with E-state index in [4.69, 9.17) is 32.7 Å². The third kappa shape index (κ3) is 6.19. The van der Waals surface area contributed by atoms with E-state index in [2.05, 4.69) is 0 Å². The van der Waals surface area contributed by atoms with E-state index in [9.17, 15) is 9.59 Å². The van der Waals surface area contributed by atoms with Crippen LogP contribution in [0.1, 0.15) is 36.0 Å². The second kappa shape index (κ2) is 10.8. The van der Waals surface area contributed by atoms with Gasteiger partial charge in [0.2, 0.25) is 5.91 Å². The summed E-state index contributed by atoms with van der Waals surface area (Å²) in [5, 5.41) is 1.14. The van der Waals surface area contributed by atoms with Crippen LogP contribution in [0.15, 0.2) is 48.5 Å².